The third-order valence-corrected chi connectivity index (χ3v) is 10.9. The van der Waals surface area contributed by atoms with Gasteiger partial charge in [-0.2, -0.15) is 0 Å². The van der Waals surface area contributed by atoms with Crippen LogP contribution in [0, 0.1) is 0 Å². The van der Waals surface area contributed by atoms with Crippen molar-refractivity contribution in [1.82, 2.24) is 0 Å². The van der Waals surface area contributed by atoms with Gasteiger partial charge in [-0.05, 0) is 35.0 Å². The average Bonchev–Trinajstić information content (AvgIpc) is 3.68. The molecule has 5 heterocycles. The predicted octanol–water partition coefficient (Wildman–Crippen LogP) is 8.37. The van der Waals surface area contributed by atoms with Crippen LogP contribution in [0.1, 0.15) is 12.8 Å². The standard InChI is InChI=1S/C26H20O6S5/c27-23(28)7-9-31-15-13-21(17-3-1-11-33-17)36-25(15)19-5-6-20(35-19)26-16(32-10-8-24(29)30)14-22(37-26)18-4-2-12-34-18/h1-6,11-14H,7-10H2,(H,27,28)(H,29,30). The maximum atomic E-state index is 11.0. The Hall–Kier alpha value is -2.96. The summed E-state index contributed by atoms with van der Waals surface area (Å²) in [5, 5.41) is 22.1. The van der Waals surface area contributed by atoms with Crippen LogP contribution in [0.25, 0.3) is 39.0 Å². The first kappa shape index (κ1) is 25.7. The number of aliphatic carboxylic acids is 2. The van der Waals surface area contributed by atoms with E-state index < -0.39 is 11.9 Å². The van der Waals surface area contributed by atoms with Gasteiger partial charge < -0.3 is 19.7 Å². The van der Waals surface area contributed by atoms with E-state index in [1.165, 1.54) is 0 Å². The molecule has 11 heteroatoms. The van der Waals surface area contributed by atoms with E-state index in [1.54, 1.807) is 56.7 Å². The Balaban J connectivity index is 1.48. The summed E-state index contributed by atoms with van der Waals surface area (Å²) in [5.41, 5.74) is 0. The Bertz CT molecular complexity index is 1380. The van der Waals surface area contributed by atoms with Gasteiger partial charge in [-0.25, -0.2) is 0 Å². The van der Waals surface area contributed by atoms with Crippen molar-refractivity contribution in [3.63, 3.8) is 0 Å². The van der Waals surface area contributed by atoms with Crippen molar-refractivity contribution < 1.29 is 29.3 Å². The lowest BCUT2D eigenvalue weighted by Gasteiger charge is -2.05. The molecule has 0 atom stereocenters. The molecule has 0 unspecified atom stereocenters. The van der Waals surface area contributed by atoms with E-state index in [9.17, 15) is 9.59 Å². The van der Waals surface area contributed by atoms with Crippen molar-refractivity contribution >= 4 is 68.6 Å². The maximum Gasteiger partial charge on any atom is 0.306 e. The minimum atomic E-state index is -0.900. The Morgan fingerprint density at radius 1 is 0.622 bits per heavy atom. The number of thiophene rings is 5. The second kappa shape index (κ2) is 11.6. The first-order valence-electron chi connectivity index (χ1n) is 11.1. The van der Waals surface area contributed by atoms with Crippen LogP contribution in [0.3, 0.4) is 0 Å². The van der Waals surface area contributed by atoms with Crippen LogP contribution >= 0.6 is 56.7 Å². The molecule has 0 saturated heterocycles. The van der Waals surface area contributed by atoms with Gasteiger partial charge in [-0.3, -0.25) is 9.59 Å². The van der Waals surface area contributed by atoms with Crippen molar-refractivity contribution in [3.8, 4) is 50.5 Å². The number of carboxylic acids is 2. The van der Waals surface area contributed by atoms with E-state index in [0.29, 0.717) is 11.5 Å². The molecule has 0 aromatic carbocycles. The second-order valence-corrected chi connectivity index (χ2v) is 12.8. The third kappa shape index (κ3) is 6.13. The van der Waals surface area contributed by atoms with Crippen LogP contribution in [0.5, 0.6) is 11.5 Å². The van der Waals surface area contributed by atoms with Gasteiger partial charge in [0.2, 0.25) is 0 Å². The van der Waals surface area contributed by atoms with E-state index >= 15 is 0 Å². The quantitative estimate of drug-likeness (QED) is 0.152. The fourth-order valence-electron chi connectivity index (χ4n) is 3.47. The fourth-order valence-corrected chi connectivity index (χ4v) is 8.55. The Morgan fingerprint density at radius 2 is 1.08 bits per heavy atom. The molecular formula is C26H20O6S5. The Kier molecular flexibility index (Phi) is 8.06. The molecule has 0 amide bonds. The SMILES string of the molecule is O=C(O)CCOc1cc(-c2cccs2)sc1-c1ccc(-c2sc(-c3cccs3)cc2OCCC(=O)O)s1. The summed E-state index contributed by atoms with van der Waals surface area (Å²) >= 11 is 8.13. The Labute approximate surface area is 232 Å². The maximum absolute atomic E-state index is 11.0. The zero-order valence-corrected chi connectivity index (χ0v) is 23.3. The van der Waals surface area contributed by atoms with E-state index in [4.69, 9.17) is 19.7 Å². The van der Waals surface area contributed by atoms with Crippen LogP contribution in [0.2, 0.25) is 0 Å². The molecule has 37 heavy (non-hydrogen) atoms. The van der Waals surface area contributed by atoms with Gasteiger partial charge in [-0.15, -0.1) is 56.7 Å². The number of carboxylic acid groups (broad SMARTS) is 2. The lowest BCUT2D eigenvalue weighted by molar-refractivity contribution is -0.138. The number of ether oxygens (including phenoxy) is 2. The average molecular weight is 589 g/mol. The molecule has 0 bridgehead atoms. The summed E-state index contributed by atoms with van der Waals surface area (Å²) in [7, 11) is 0. The Morgan fingerprint density at radius 3 is 1.46 bits per heavy atom. The molecule has 2 N–H and O–H groups in total. The van der Waals surface area contributed by atoms with Gasteiger partial charge in [0.05, 0.1) is 35.8 Å². The number of rotatable bonds is 12. The van der Waals surface area contributed by atoms with Gasteiger partial charge in [0.25, 0.3) is 0 Å². The van der Waals surface area contributed by atoms with Gasteiger partial charge in [0, 0.05) is 41.4 Å². The van der Waals surface area contributed by atoms with Crippen LogP contribution in [-0.4, -0.2) is 35.4 Å². The molecule has 0 aliphatic heterocycles. The minimum absolute atomic E-state index is 0.0724. The van der Waals surface area contributed by atoms with Crippen molar-refractivity contribution in [2.45, 2.75) is 12.8 Å². The molecule has 0 fully saturated rings. The van der Waals surface area contributed by atoms with Crippen LogP contribution < -0.4 is 9.47 Å². The largest absolute Gasteiger partial charge is 0.491 e. The topological polar surface area (TPSA) is 93.1 Å². The summed E-state index contributed by atoms with van der Waals surface area (Å²) in [5.74, 6) is -0.454. The first-order chi connectivity index (χ1) is 18.0. The summed E-state index contributed by atoms with van der Waals surface area (Å²) in [6.45, 7) is 0.190. The molecule has 0 saturated carbocycles. The van der Waals surface area contributed by atoms with Gasteiger partial charge in [0.1, 0.15) is 11.5 Å². The summed E-state index contributed by atoms with van der Waals surface area (Å²) in [6, 6.07) is 16.2. The smallest absolute Gasteiger partial charge is 0.306 e. The molecule has 0 aliphatic carbocycles. The van der Waals surface area contributed by atoms with Crippen molar-refractivity contribution in [1.29, 1.82) is 0 Å². The summed E-state index contributed by atoms with van der Waals surface area (Å²) in [6.07, 6.45) is -0.145. The zero-order valence-electron chi connectivity index (χ0n) is 19.2. The van der Waals surface area contributed by atoms with E-state index in [0.717, 1.165) is 39.0 Å². The zero-order chi connectivity index (χ0) is 25.8. The van der Waals surface area contributed by atoms with Crippen LogP contribution in [0.15, 0.2) is 59.3 Å². The summed E-state index contributed by atoms with van der Waals surface area (Å²) in [4.78, 5) is 30.3. The summed E-state index contributed by atoms with van der Waals surface area (Å²) < 4.78 is 11.8. The first-order valence-corrected chi connectivity index (χ1v) is 15.3. The van der Waals surface area contributed by atoms with E-state index in [2.05, 4.69) is 12.1 Å². The van der Waals surface area contributed by atoms with E-state index in [-0.39, 0.29) is 26.1 Å². The van der Waals surface area contributed by atoms with Crippen molar-refractivity contribution in [2.75, 3.05) is 13.2 Å². The molecule has 5 aromatic heterocycles. The fraction of sp³-hybridized carbons (Fsp3) is 0.154. The molecule has 0 radical (unpaired) electrons. The predicted molar refractivity (Wildman–Crippen MR) is 153 cm³/mol. The van der Waals surface area contributed by atoms with Gasteiger partial charge >= 0.3 is 11.9 Å². The van der Waals surface area contributed by atoms with Crippen molar-refractivity contribution in [3.05, 3.63) is 59.3 Å². The highest BCUT2D eigenvalue weighted by Crippen LogP contribution is 2.51. The number of carbonyl (C=O) groups is 2. The molecule has 0 aliphatic rings. The molecule has 5 rings (SSSR count). The molecule has 6 nitrogen and oxygen atoms in total. The molecule has 190 valence electrons. The third-order valence-electron chi connectivity index (χ3n) is 5.12. The second-order valence-electron chi connectivity index (χ2n) is 7.71. The lowest BCUT2D eigenvalue weighted by atomic mass is 10.3. The molecule has 5 aromatic rings. The highest BCUT2D eigenvalue weighted by Gasteiger charge is 2.20. The monoisotopic (exact) mass is 588 g/mol. The van der Waals surface area contributed by atoms with Crippen molar-refractivity contribution in [2.24, 2.45) is 0 Å². The number of hydrogen-bond donors (Lipinski definition) is 2. The lowest BCUT2D eigenvalue weighted by Crippen LogP contribution is -2.04. The normalized spacial score (nSPS) is 11.0. The van der Waals surface area contributed by atoms with E-state index in [1.807, 2.05) is 47.2 Å². The van der Waals surface area contributed by atoms with Gasteiger partial charge in [0.15, 0.2) is 0 Å². The molecular weight excluding hydrogens is 569 g/mol. The highest BCUT2D eigenvalue weighted by atomic mass is 32.1. The van der Waals surface area contributed by atoms with Gasteiger partial charge in [-0.1, -0.05) is 12.1 Å². The number of hydrogen-bond acceptors (Lipinski definition) is 9. The molecule has 0 spiro atoms. The minimum Gasteiger partial charge on any atom is -0.491 e. The highest BCUT2D eigenvalue weighted by molar-refractivity contribution is 7.29. The van der Waals surface area contributed by atoms with Crippen LogP contribution in [-0.2, 0) is 9.59 Å². The van der Waals surface area contributed by atoms with Crippen LogP contribution in [0.4, 0.5) is 0 Å².